The fourth-order valence-electron chi connectivity index (χ4n) is 3.20. The molecule has 1 saturated heterocycles. The Kier molecular flexibility index (Phi) is 6.01. The van der Waals surface area contributed by atoms with Crippen LogP contribution in [0.4, 0.5) is 5.69 Å². The van der Waals surface area contributed by atoms with Gasteiger partial charge >= 0.3 is 0 Å². The Hall–Kier alpha value is -2.12. The van der Waals surface area contributed by atoms with Crippen LogP contribution in [0.25, 0.3) is 0 Å². The highest BCUT2D eigenvalue weighted by atomic mass is 35.5. The van der Waals surface area contributed by atoms with Gasteiger partial charge in [-0.3, -0.25) is 9.59 Å². The molecule has 1 unspecified atom stereocenters. The first kappa shape index (κ1) is 19.6. The number of methoxy groups -OCH3 is 1. The second-order valence-corrected chi connectivity index (χ2v) is 7.88. The van der Waals surface area contributed by atoms with Gasteiger partial charge in [-0.25, -0.2) is 4.98 Å². The molecule has 0 N–H and O–H groups in total. The molecular formula is C19H22ClN3O3S. The van der Waals surface area contributed by atoms with Crippen molar-refractivity contribution < 1.29 is 14.3 Å². The number of anilines is 1. The molecule has 27 heavy (non-hydrogen) atoms. The van der Waals surface area contributed by atoms with E-state index >= 15 is 0 Å². The Labute approximate surface area is 167 Å². The van der Waals surface area contributed by atoms with Crippen LogP contribution in [0.15, 0.2) is 23.6 Å². The van der Waals surface area contributed by atoms with Crippen molar-refractivity contribution >= 4 is 40.4 Å². The lowest BCUT2D eigenvalue weighted by atomic mass is 10.1. The smallest absolute Gasteiger partial charge is 0.228 e. The van der Waals surface area contributed by atoms with Gasteiger partial charge in [0.15, 0.2) is 0 Å². The van der Waals surface area contributed by atoms with E-state index in [1.165, 1.54) is 0 Å². The lowest BCUT2D eigenvalue weighted by Gasteiger charge is -2.22. The normalized spacial score (nSPS) is 16.7. The summed E-state index contributed by atoms with van der Waals surface area (Å²) >= 11 is 7.68. The third kappa shape index (κ3) is 4.25. The molecule has 0 spiro atoms. The summed E-state index contributed by atoms with van der Waals surface area (Å²) in [5.41, 5.74) is 1.48. The Morgan fingerprint density at radius 2 is 2.26 bits per heavy atom. The van der Waals surface area contributed by atoms with Gasteiger partial charge in [0.25, 0.3) is 0 Å². The molecule has 6 nitrogen and oxygen atoms in total. The van der Waals surface area contributed by atoms with Gasteiger partial charge in [-0.15, -0.1) is 11.3 Å². The van der Waals surface area contributed by atoms with E-state index in [0.717, 1.165) is 17.1 Å². The maximum absolute atomic E-state index is 12.8. The first-order valence-electron chi connectivity index (χ1n) is 8.75. The van der Waals surface area contributed by atoms with Crippen LogP contribution in [0.2, 0.25) is 5.02 Å². The molecule has 1 aliphatic rings. The zero-order chi connectivity index (χ0) is 19.6. The zero-order valence-electron chi connectivity index (χ0n) is 15.6. The van der Waals surface area contributed by atoms with Crippen molar-refractivity contribution in [3.63, 3.8) is 0 Å². The number of carbonyl (C=O) groups is 2. The third-order valence-corrected chi connectivity index (χ3v) is 5.86. The molecule has 0 radical (unpaired) electrons. The fraction of sp³-hybridized carbons (Fsp3) is 0.421. The first-order chi connectivity index (χ1) is 12.9. The average molecular weight is 408 g/mol. The number of thiazole rings is 1. The molecule has 1 aliphatic heterocycles. The molecule has 2 heterocycles. The second-order valence-electron chi connectivity index (χ2n) is 6.50. The standard InChI is InChI=1S/C19H22ClN3O3S/c1-4-17-21-14(11-27-17)10-22(2)19(25)12-7-18(24)23(9-12)15-8-13(20)5-6-16(15)26-3/h5-6,8,11-12H,4,7,9-10H2,1-3H3. The Morgan fingerprint density at radius 1 is 1.48 bits per heavy atom. The van der Waals surface area contributed by atoms with E-state index in [0.29, 0.717) is 29.5 Å². The number of carbonyl (C=O) groups excluding carboxylic acids is 2. The maximum Gasteiger partial charge on any atom is 0.228 e. The molecule has 2 aromatic rings. The van der Waals surface area contributed by atoms with Crippen LogP contribution < -0.4 is 9.64 Å². The highest BCUT2D eigenvalue weighted by molar-refractivity contribution is 7.09. The molecule has 1 atom stereocenters. The summed E-state index contributed by atoms with van der Waals surface area (Å²) in [5, 5.41) is 3.55. The number of hydrogen-bond donors (Lipinski definition) is 0. The summed E-state index contributed by atoms with van der Waals surface area (Å²) in [6.45, 7) is 2.82. The highest BCUT2D eigenvalue weighted by Crippen LogP contribution is 2.35. The van der Waals surface area contributed by atoms with E-state index in [1.54, 1.807) is 53.5 Å². The van der Waals surface area contributed by atoms with Crippen LogP contribution in [0.3, 0.4) is 0 Å². The third-order valence-electron chi connectivity index (χ3n) is 4.58. The zero-order valence-corrected chi connectivity index (χ0v) is 17.1. The van der Waals surface area contributed by atoms with Crippen molar-refractivity contribution in [2.45, 2.75) is 26.3 Å². The van der Waals surface area contributed by atoms with Crippen molar-refractivity contribution in [3.05, 3.63) is 39.3 Å². The van der Waals surface area contributed by atoms with Crippen LogP contribution in [0.5, 0.6) is 5.75 Å². The monoisotopic (exact) mass is 407 g/mol. The van der Waals surface area contributed by atoms with Gasteiger partial charge in [0, 0.05) is 30.4 Å². The maximum atomic E-state index is 12.8. The fourth-order valence-corrected chi connectivity index (χ4v) is 4.10. The van der Waals surface area contributed by atoms with Crippen molar-refractivity contribution in [2.24, 2.45) is 5.92 Å². The molecule has 8 heteroatoms. The van der Waals surface area contributed by atoms with Crippen molar-refractivity contribution in [1.82, 2.24) is 9.88 Å². The van der Waals surface area contributed by atoms with Gasteiger partial charge in [-0.2, -0.15) is 0 Å². The number of benzene rings is 1. The topological polar surface area (TPSA) is 62.7 Å². The number of aryl methyl sites for hydroxylation is 1. The number of halogens is 1. The van der Waals surface area contributed by atoms with Crippen LogP contribution >= 0.6 is 22.9 Å². The van der Waals surface area contributed by atoms with Crippen molar-refractivity contribution in [1.29, 1.82) is 0 Å². The lowest BCUT2D eigenvalue weighted by molar-refractivity contribution is -0.135. The quantitative estimate of drug-likeness (QED) is 0.736. The van der Waals surface area contributed by atoms with Gasteiger partial charge in [0.2, 0.25) is 11.8 Å². The van der Waals surface area contributed by atoms with Crippen LogP contribution in [0, 0.1) is 5.92 Å². The molecule has 3 rings (SSSR count). The van der Waals surface area contributed by atoms with E-state index in [1.807, 2.05) is 5.38 Å². The minimum Gasteiger partial charge on any atom is -0.495 e. The van der Waals surface area contributed by atoms with E-state index < -0.39 is 5.92 Å². The van der Waals surface area contributed by atoms with E-state index in [9.17, 15) is 9.59 Å². The summed E-state index contributed by atoms with van der Waals surface area (Å²) in [6, 6.07) is 5.12. The predicted octanol–water partition coefficient (Wildman–Crippen LogP) is 3.38. The highest BCUT2D eigenvalue weighted by Gasteiger charge is 2.37. The minimum absolute atomic E-state index is 0.0575. The number of rotatable bonds is 6. The molecule has 2 amide bonds. The molecule has 1 aromatic heterocycles. The summed E-state index contributed by atoms with van der Waals surface area (Å²) < 4.78 is 5.34. The SMILES string of the molecule is CCc1nc(CN(C)C(=O)C2CC(=O)N(c3cc(Cl)ccc3OC)C2)cs1. The average Bonchev–Trinajstić information content (AvgIpc) is 3.27. The largest absolute Gasteiger partial charge is 0.495 e. The van der Waals surface area contributed by atoms with E-state index in [2.05, 4.69) is 11.9 Å². The predicted molar refractivity (Wildman–Crippen MR) is 106 cm³/mol. The van der Waals surface area contributed by atoms with Crippen LogP contribution in [0.1, 0.15) is 24.0 Å². The molecule has 0 saturated carbocycles. The summed E-state index contributed by atoms with van der Waals surface area (Å²) in [4.78, 5) is 33.1. The number of aromatic nitrogens is 1. The Morgan fingerprint density at radius 3 is 2.93 bits per heavy atom. The molecule has 1 aromatic carbocycles. The summed E-state index contributed by atoms with van der Waals surface area (Å²) in [6.07, 6.45) is 1.06. The Bertz CT molecular complexity index is 854. The van der Waals surface area contributed by atoms with Gasteiger partial charge in [-0.05, 0) is 24.6 Å². The number of nitrogens with zero attached hydrogens (tertiary/aromatic N) is 3. The summed E-state index contributed by atoms with van der Waals surface area (Å²) in [7, 11) is 3.29. The van der Waals surface area contributed by atoms with Gasteiger partial charge in [-0.1, -0.05) is 18.5 Å². The molecule has 0 bridgehead atoms. The minimum atomic E-state index is -0.393. The van der Waals surface area contributed by atoms with Crippen molar-refractivity contribution in [2.75, 3.05) is 25.6 Å². The summed E-state index contributed by atoms with van der Waals surface area (Å²) in [5.74, 6) is 0.00128. The molecule has 144 valence electrons. The lowest BCUT2D eigenvalue weighted by Crippen LogP contribution is -2.34. The second kappa shape index (κ2) is 8.27. The van der Waals surface area contributed by atoms with Crippen molar-refractivity contribution in [3.8, 4) is 5.75 Å². The van der Waals surface area contributed by atoms with E-state index in [-0.39, 0.29) is 18.2 Å². The molecule has 0 aliphatic carbocycles. The van der Waals surface area contributed by atoms with Gasteiger partial charge < -0.3 is 14.5 Å². The van der Waals surface area contributed by atoms with E-state index in [4.69, 9.17) is 16.3 Å². The van der Waals surface area contributed by atoms with Gasteiger partial charge in [0.05, 0.1) is 36.0 Å². The first-order valence-corrected chi connectivity index (χ1v) is 10.0. The number of ether oxygens (including phenoxy) is 1. The van der Waals surface area contributed by atoms with Crippen LogP contribution in [-0.4, -0.2) is 42.4 Å². The number of hydrogen-bond acceptors (Lipinski definition) is 5. The number of amides is 2. The Balaban J connectivity index is 1.71. The molecular weight excluding hydrogens is 386 g/mol. The van der Waals surface area contributed by atoms with Crippen LogP contribution in [-0.2, 0) is 22.6 Å². The molecule has 1 fully saturated rings. The van der Waals surface area contributed by atoms with Gasteiger partial charge in [0.1, 0.15) is 5.75 Å².